The van der Waals surface area contributed by atoms with Crippen molar-refractivity contribution in [2.75, 3.05) is 6.54 Å². The molecule has 5 saturated carbocycles. The Kier molecular flexibility index (Phi) is 2.58. The minimum Gasteiger partial charge on any atom is -0.329 e. The van der Waals surface area contributed by atoms with Crippen LogP contribution in [0.3, 0.4) is 0 Å². The van der Waals surface area contributed by atoms with Crippen molar-refractivity contribution in [1.82, 2.24) is 0 Å². The summed E-state index contributed by atoms with van der Waals surface area (Å²) in [5, 5.41) is 0. The number of hydrogen-bond acceptors (Lipinski definition) is 2. The quantitative estimate of drug-likeness (QED) is 0.803. The summed E-state index contributed by atoms with van der Waals surface area (Å²) in [7, 11) is 0. The molecule has 5 rings (SSSR count). The largest absolute Gasteiger partial charge is 0.329 e. The zero-order valence-electron chi connectivity index (χ0n) is 11.5. The van der Waals surface area contributed by atoms with Crippen LogP contribution in [-0.4, -0.2) is 12.1 Å². The van der Waals surface area contributed by atoms with E-state index in [-0.39, 0.29) is 5.54 Å². The molecule has 4 N–H and O–H groups in total. The highest BCUT2D eigenvalue weighted by molar-refractivity contribution is 5.05. The van der Waals surface area contributed by atoms with Gasteiger partial charge in [0.2, 0.25) is 0 Å². The molecule has 0 aromatic rings. The maximum atomic E-state index is 6.66. The van der Waals surface area contributed by atoms with Gasteiger partial charge in [0, 0.05) is 12.1 Å². The summed E-state index contributed by atoms with van der Waals surface area (Å²) in [6.45, 7) is 0.709. The monoisotopic (exact) mass is 248 g/mol. The summed E-state index contributed by atoms with van der Waals surface area (Å²) >= 11 is 0. The molecule has 5 aliphatic carbocycles. The van der Waals surface area contributed by atoms with Gasteiger partial charge in [-0.2, -0.15) is 0 Å². The minimum atomic E-state index is -0.0139. The van der Waals surface area contributed by atoms with E-state index in [1.807, 2.05) is 0 Å². The second kappa shape index (κ2) is 3.96. The lowest BCUT2D eigenvalue weighted by Crippen LogP contribution is -2.55. The zero-order valence-corrected chi connectivity index (χ0v) is 11.5. The Morgan fingerprint density at radius 3 is 1.89 bits per heavy atom. The van der Waals surface area contributed by atoms with Crippen molar-refractivity contribution in [3.8, 4) is 0 Å². The molecule has 102 valence electrons. The molecule has 4 bridgehead atoms. The average molecular weight is 248 g/mol. The Morgan fingerprint density at radius 1 is 0.889 bits per heavy atom. The van der Waals surface area contributed by atoms with Crippen molar-refractivity contribution in [3.63, 3.8) is 0 Å². The Hall–Kier alpha value is -0.0800. The van der Waals surface area contributed by atoms with Gasteiger partial charge in [0.15, 0.2) is 0 Å². The van der Waals surface area contributed by atoms with Crippen LogP contribution >= 0.6 is 0 Å². The number of rotatable bonds is 4. The van der Waals surface area contributed by atoms with Crippen molar-refractivity contribution < 1.29 is 0 Å². The average Bonchev–Trinajstić information content (AvgIpc) is 3.17. The SMILES string of the molecule is NCC(N)(CC1C2CC3CC(C2)CC1C3)C1CC1. The van der Waals surface area contributed by atoms with Crippen LogP contribution in [-0.2, 0) is 0 Å². The zero-order chi connectivity index (χ0) is 12.3. The molecule has 5 fully saturated rings. The lowest BCUT2D eigenvalue weighted by atomic mass is 9.50. The van der Waals surface area contributed by atoms with E-state index < -0.39 is 0 Å². The van der Waals surface area contributed by atoms with Gasteiger partial charge < -0.3 is 11.5 Å². The molecule has 18 heavy (non-hydrogen) atoms. The summed E-state index contributed by atoms with van der Waals surface area (Å²) in [6, 6.07) is 0. The molecule has 0 heterocycles. The van der Waals surface area contributed by atoms with Gasteiger partial charge in [-0.05, 0) is 86.9 Å². The van der Waals surface area contributed by atoms with E-state index in [0.29, 0.717) is 6.54 Å². The molecule has 1 unspecified atom stereocenters. The van der Waals surface area contributed by atoms with Gasteiger partial charge in [-0.15, -0.1) is 0 Å². The molecule has 0 aromatic heterocycles. The summed E-state index contributed by atoms with van der Waals surface area (Å²) in [4.78, 5) is 0. The highest BCUT2D eigenvalue weighted by Gasteiger charge is 2.51. The lowest BCUT2D eigenvalue weighted by Gasteiger charge is -2.56. The first-order valence-corrected chi connectivity index (χ1v) is 8.17. The maximum absolute atomic E-state index is 6.66. The molecule has 0 saturated heterocycles. The molecule has 2 nitrogen and oxygen atoms in total. The Labute approximate surface area is 111 Å². The fraction of sp³-hybridized carbons (Fsp3) is 1.00. The van der Waals surface area contributed by atoms with Gasteiger partial charge in [-0.3, -0.25) is 0 Å². The number of hydrogen-bond donors (Lipinski definition) is 2. The van der Waals surface area contributed by atoms with Crippen molar-refractivity contribution in [2.45, 2.75) is 56.9 Å². The first-order chi connectivity index (χ1) is 8.68. The topological polar surface area (TPSA) is 52.0 Å². The second-order valence-corrected chi connectivity index (χ2v) is 8.01. The second-order valence-electron chi connectivity index (χ2n) is 8.01. The smallest absolute Gasteiger partial charge is 0.0310 e. The fourth-order valence-corrected chi connectivity index (χ4v) is 5.88. The molecule has 1 atom stereocenters. The minimum absolute atomic E-state index is 0.0139. The lowest BCUT2D eigenvalue weighted by molar-refractivity contribution is -0.0488. The number of nitrogens with two attached hydrogens (primary N) is 2. The molecule has 5 aliphatic rings. The molecule has 0 spiro atoms. The molecule has 2 heteroatoms. The van der Waals surface area contributed by atoms with Crippen LogP contribution in [0.15, 0.2) is 0 Å². The van der Waals surface area contributed by atoms with E-state index in [2.05, 4.69) is 0 Å². The summed E-state index contributed by atoms with van der Waals surface area (Å²) in [5.74, 6) is 5.85. The highest BCUT2D eigenvalue weighted by atomic mass is 14.8. The predicted molar refractivity (Wildman–Crippen MR) is 73.8 cm³/mol. The van der Waals surface area contributed by atoms with E-state index in [1.54, 1.807) is 6.42 Å². The molecule has 0 amide bonds. The van der Waals surface area contributed by atoms with Crippen molar-refractivity contribution in [3.05, 3.63) is 0 Å². The van der Waals surface area contributed by atoms with Crippen LogP contribution in [0.1, 0.15) is 51.4 Å². The molecular weight excluding hydrogens is 220 g/mol. The van der Waals surface area contributed by atoms with Crippen molar-refractivity contribution >= 4 is 0 Å². The van der Waals surface area contributed by atoms with Gasteiger partial charge in [-0.1, -0.05) is 0 Å². The van der Waals surface area contributed by atoms with Crippen molar-refractivity contribution in [1.29, 1.82) is 0 Å². The third-order valence-corrected chi connectivity index (χ3v) is 6.81. The van der Waals surface area contributed by atoms with E-state index in [9.17, 15) is 0 Å². The van der Waals surface area contributed by atoms with E-state index >= 15 is 0 Å². The van der Waals surface area contributed by atoms with Crippen LogP contribution in [0.25, 0.3) is 0 Å². The van der Waals surface area contributed by atoms with E-state index in [4.69, 9.17) is 11.5 Å². The van der Waals surface area contributed by atoms with Crippen LogP contribution < -0.4 is 11.5 Å². The normalized spacial score (nSPS) is 49.3. The fourth-order valence-electron chi connectivity index (χ4n) is 5.88. The molecule has 0 aromatic carbocycles. The third kappa shape index (κ3) is 1.76. The molecule has 0 aliphatic heterocycles. The van der Waals surface area contributed by atoms with Gasteiger partial charge >= 0.3 is 0 Å². The highest BCUT2D eigenvalue weighted by Crippen LogP contribution is 2.58. The van der Waals surface area contributed by atoms with Gasteiger partial charge in [0.1, 0.15) is 0 Å². The van der Waals surface area contributed by atoms with Gasteiger partial charge in [0.25, 0.3) is 0 Å². The predicted octanol–water partition coefficient (Wildman–Crippen LogP) is 2.51. The third-order valence-electron chi connectivity index (χ3n) is 6.81. The standard InChI is InChI=1S/C16H28N2/c17-9-16(18,14-1-2-14)8-15-12-4-10-3-11(6-12)7-13(15)5-10/h10-15H,1-9,17-18H2. The van der Waals surface area contributed by atoms with E-state index in [1.165, 1.54) is 44.9 Å². The van der Waals surface area contributed by atoms with Crippen LogP contribution in [0.2, 0.25) is 0 Å². The Balaban J connectivity index is 1.51. The van der Waals surface area contributed by atoms with Crippen LogP contribution in [0.4, 0.5) is 0 Å². The maximum Gasteiger partial charge on any atom is 0.0310 e. The van der Waals surface area contributed by atoms with Crippen molar-refractivity contribution in [2.24, 2.45) is 47.0 Å². The Morgan fingerprint density at radius 2 is 1.44 bits per heavy atom. The molecule has 0 radical (unpaired) electrons. The first kappa shape index (κ1) is 11.7. The molecular formula is C16H28N2. The summed E-state index contributed by atoms with van der Waals surface area (Å²) < 4.78 is 0. The Bertz CT molecular complexity index is 308. The van der Waals surface area contributed by atoms with Crippen LogP contribution in [0, 0.1) is 35.5 Å². The van der Waals surface area contributed by atoms with Gasteiger partial charge in [-0.25, -0.2) is 0 Å². The van der Waals surface area contributed by atoms with E-state index in [0.717, 1.165) is 35.5 Å². The first-order valence-electron chi connectivity index (χ1n) is 8.17. The van der Waals surface area contributed by atoms with Gasteiger partial charge in [0.05, 0.1) is 0 Å². The summed E-state index contributed by atoms with van der Waals surface area (Å²) in [5.41, 5.74) is 12.7. The van der Waals surface area contributed by atoms with Crippen LogP contribution in [0.5, 0.6) is 0 Å². The summed E-state index contributed by atoms with van der Waals surface area (Å²) in [6.07, 6.45) is 11.5.